The number of likely N-dealkylation sites (tertiary alicyclic amines) is 1. The van der Waals surface area contributed by atoms with Crippen molar-refractivity contribution in [3.05, 3.63) is 35.9 Å². The standard InChI is InChI=1S/C22H35N3O/c1-3-23-22(25-14-13-19(16-25)17-26-2)24-15-18-9-11-21(12-10-18)20-7-5-4-6-8-20/h4-8,18-19,21H,3,9-17H2,1-2H3,(H,23,24). The van der Waals surface area contributed by atoms with Crippen LogP contribution in [0.1, 0.15) is 50.5 Å². The van der Waals surface area contributed by atoms with E-state index in [-0.39, 0.29) is 0 Å². The number of nitrogens with zero attached hydrogens (tertiary/aromatic N) is 2. The molecule has 1 aromatic carbocycles. The first-order valence-corrected chi connectivity index (χ1v) is 10.4. The average Bonchev–Trinajstić information content (AvgIpc) is 3.15. The summed E-state index contributed by atoms with van der Waals surface area (Å²) in [6, 6.07) is 11.0. The molecule has 4 heteroatoms. The summed E-state index contributed by atoms with van der Waals surface area (Å²) in [5.41, 5.74) is 1.52. The molecule has 4 nitrogen and oxygen atoms in total. The van der Waals surface area contributed by atoms with Crippen molar-refractivity contribution in [2.45, 2.75) is 44.9 Å². The lowest BCUT2D eigenvalue weighted by molar-refractivity contribution is 0.157. The van der Waals surface area contributed by atoms with Crippen molar-refractivity contribution in [2.24, 2.45) is 16.8 Å². The summed E-state index contributed by atoms with van der Waals surface area (Å²) < 4.78 is 5.33. The van der Waals surface area contributed by atoms with Gasteiger partial charge in [0.1, 0.15) is 0 Å². The molecule has 3 rings (SSSR count). The van der Waals surface area contributed by atoms with Gasteiger partial charge in [0.15, 0.2) is 5.96 Å². The molecule has 26 heavy (non-hydrogen) atoms. The Labute approximate surface area is 159 Å². The van der Waals surface area contributed by atoms with Gasteiger partial charge in [-0.25, -0.2) is 0 Å². The van der Waals surface area contributed by atoms with E-state index < -0.39 is 0 Å². The Kier molecular flexibility index (Phi) is 7.36. The van der Waals surface area contributed by atoms with Crippen LogP contribution in [0.15, 0.2) is 35.3 Å². The molecule has 1 heterocycles. The maximum Gasteiger partial charge on any atom is 0.193 e. The van der Waals surface area contributed by atoms with Crippen LogP contribution in [0.4, 0.5) is 0 Å². The lowest BCUT2D eigenvalue weighted by Gasteiger charge is -2.28. The Bertz CT molecular complexity index is 552. The monoisotopic (exact) mass is 357 g/mol. The number of hydrogen-bond donors (Lipinski definition) is 1. The normalized spacial score (nSPS) is 26.9. The highest BCUT2D eigenvalue weighted by Crippen LogP contribution is 2.35. The van der Waals surface area contributed by atoms with Crippen LogP contribution in [-0.2, 0) is 4.74 Å². The van der Waals surface area contributed by atoms with Crippen molar-refractivity contribution in [2.75, 3.05) is 39.9 Å². The molecule has 0 radical (unpaired) electrons. The van der Waals surface area contributed by atoms with Gasteiger partial charge in [-0.05, 0) is 56.4 Å². The first kappa shape index (κ1) is 19.2. The number of benzene rings is 1. The highest BCUT2D eigenvalue weighted by molar-refractivity contribution is 5.80. The number of aliphatic imine (C=N–C) groups is 1. The molecule has 1 saturated heterocycles. The molecular formula is C22H35N3O. The van der Waals surface area contributed by atoms with Crippen molar-refractivity contribution in [3.63, 3.8) is 0 Å². The minimum atomic E-state index is 0.644. The van der Waals surface area contributed by atoms with Crippen molar-refractivity contribution in [3.8, 4) is 0 Å². The highest BCUT2D eigenvalue weighted by Gasteiger charge is 2.26. The molecule has 0 aromatic heterocycles. The van der Waals surface area contributed by atoms with E-state index in [1.54, 1.807) is 7.11 Å². The van der Waals surface area contributed by atoms with E-state index in [1.807, 2.05) is 0 Å². The van der Waals surface area contributed by atoms with Crippen molar-refractivity contribution in [1.29, 1.82) is 0 Å². The Hall–Kier alpha value is -1.55. The Morgan fingerprint density at radius 1 is 1.12 bits per heavy atom. The predicted molar refractivity (Wildman–Crippen MR) is 109 cm³/mol. The third kappa shape index (κ3) is 5.23. The minimum Gasteiger partial charge on any atom is -0.384 e. The summed E-state index contributed by atoms with van der Waals surface area (Å²) in [6.45, 7) is 7.09. The lowest BCUT2D eigenvalue weighted by atomic mass is 9.79. The fourth-order valence-electron chi connectivity index (χ4n) is 4.44. The summed E-state index contributed by atoms with van der Waals surface area (Å²) in [5.74, 6) is 3.24. The lowest BCUT2D eigenvalue weighted by Crippen LogP contribution is -2.40. The molecule has 1 N–H and O–H groups in total. The number of nitrogens with one attached hydrogen (secondary N) is 1. The molecular weight excluding hydrogens is 322 g/mol. The summed E-state index contributed by atoms with van der Waals surface area (Å²) in [4.78, 5) is 7.42. The van der Waals surface area contributed by atoms with Gasteiger partial charge in [0.25, 0.3) is 0 Å². The van der Waals surface area contributed by atoms with Gasteiger partial charge in [0.2, 0.25) is 0 Å². The van der Waals surface area contributed by atoms with Crippen molar-refractivity contribution >= 4 is 5.96 Å². The summed E-state index contributed by atoms with van der Waals surface area (Å²) in [6.07, 6.45) is 6.42. The van der Waals surface area contributed by atoms with Gasteiger partial charge in [-0.1, -0.05) is 30.3 Å². The fourth-order valence-corrected chi connectivity index (χ4v) is 4.44. The predicted octanol–water partition coefficient (Wildman–Crippen LogP) is 3.89. The number of guanidine groups is 1. The maximum atomic E-state index is 5.33. The minimum absolute atomic E-state index is 0.644. The molecule has 1 aromatic rings. The quantitative estimate of drug-likeness (QED) is 0.620. The van der Waals surface area contributed by atoms with Crippen LogP contribution >= 0.6 is 0 Å². The van der Waals surface area contributed by atoms with E-state index in [1.165, 1.54) is 37.7 Å². The van der Waals surface area contributed by atoms with Crippen molar-refractivity contribution in [1.82, 2.24) is 10.2 Å². The van der Waals surface area contributed by atoms with Gasteiger partial charge in [-0.15, -0.1) is 0 Å². The first-order chi connectivity index (χ1) is 12.8. The van der Waals surface area contributed by atoms with E-state index in [0.717, 1.165) is 50.6 Å². The van der Waals surface area contributed by atoms with Crippen LogP contribution in [0.3, 0.4) is 0 Å². The molecule has 1 atom stereocenters. The van der Waals surface area contributed by atoms with Gasteiger partial charge in [0.05, 0.1) is 6.61 Å². The fraction of sp³-hybridized carbons (Fsp3) is 0.682. The third-order valence-electron chi connectivity index (χ3n) is 5.94. The van der Waals surface area contributed by atoms with Gasteiger partial charge >= 0.3 is 0 Å². The summed E-state index contributed by atoms with van der Waals surface area (Å²) >= 11 is 0. The summed E-state index contributed by atoms with van der Waals surface area (Å²) in [7, 11) is 1.80. The number of ether oxygens (including phenoxy) is 1. The Balaban J connectivity index is 1.49. The Morgan fingerprint density at radius 3 is 2.58 bits per heavy atom. The molecule has 144 valence electrons. The zero-order valence-electron chi connectivity index (χ0n) is 16.5. The van der Waals surface area contributed by atoms with Gasteiger partial charge in [-0.2, -0.15) is 0 Å². The van der Waals surface area contributed by atoms with E-state index in [0.29, 0.717) is 5.92 Å². The molecule has 0 bridgehead atoms. The molecule has 1 aliphatic heterocycles. The van der Waals surface area contributed by atoms with Crippen LogP contribution in [0.25, 0.3) is 0 Å². The zero-order valence-corrected chi connectivity index (χ0v) is 16.5. The second kappa shape index (κ2) is 9.96. The molecule has 1 aliphatic carbocycles. The van der Waals surface area contributed by atoms with E-state index in [9.17, 15) is 0 Å². The van der Waals surface area contributed by atoms with Crippen LogP contribution in [0.5, 0.6) is 0 Å². The van der Waals surface area contributed by atoms with Crippen molar-refractivity contribution < 1.29 is 4.74 Å². The first-order valence-electron chi connectivity index (χ1n) is 10.4. The maximum absolute atomic E-state index is 5.33. The van der Waals surface area contributed by atoms with Gasteiger partial charge < -0.3 is 15.0 Å². The number of methoxy groups -OCH3 is 1. The third-order valence-corrected chi connectivity index (χ3v) is 5.94. The van der Waals surface area contributed by atoms with Crippen LogP contribution in [-0.4, -0.2) is 50.8 Å². The SMILES string of the molecule is CCNC(=NCC1CCC(c2ccccc2)CC1)N1CCC(COC)C1. The Morgan fingerprint density at radius 2 is 1.88 bits per heavy atom. The molecule has 1 saturated carbocycles. The van der Waals surface area contributed by atoms with E-state index in [4.69, 9.17) is 9.73 Å². The van der Waals surface area contributed by atoms with Crippen LogP contribution in [0.2, 0.25) is 0 Å². The molecule has 2 aliphatic rings. The van der Waals surface area contributed by atoms with E-state index in [2.05, 4.69) is 47.5 Å². The number of hydrogen-bond acceptors (Lipinski definition) is 2. The van der Waals surface area contributed by atoms with Gasteiger partial charge in [0, 0.05) is 39.2 Å². The topological polar surface area (TPSA) is 36.9 Å². The largest absolute Gasteiger partial charge is 0.384 e. The average molecular weight is 358 g/mol. The molecule has 0 amide bonds. The molecule has 0 spiro atoms. The summed E-state index contributed by atoms with van der Waals surface area (Å²) in [5, 5.41) is 3.50. The highest BCUT2D eigenvalue weighted by atomic mass is 16.5. The van der Waals surface area contributed by atoms with Gasteiger partial charge in [-0.3, -0.25) is 4.99 Å². The van der Waals surface area contributed by atoms with E-state index >= 15 is 0 Å². The second-order valence-corrected chi connectivity index (χ2v) is 7.88. The van der Waals surface area contributed by atoms with Crippen LogP contribution in [0, 0.1) is 11.8 Å². The molecule has 1 unspecified atom stereocenters. The second-order valence-electron chi connectivity index (χ2n) is 7.88. The van der Waals surface area contributed by atoms with Crippen LogP contribution < -0.4 is 5.32 Å². The number of rotatable bonds is 6. The zero-order chi connectivity index (χ0) is 18.2. The smallest absolute Gasteiger partial charge is 0.193 e. The molecule has 2 fully saturated rings.